The Hall–Kier alpha value is -1.83. The summed E-state index contributed by atoms with van der Waals surface area (Å²) in [6.07, 6.45) is 1.22. The lowest BCUT2D eigenvalue weighted by atomic mass is 9.98. The second kappa shape index (κ2) is 6.75. The number of ether oxygens (including phenoxy) is 2. The number of methoxy groups -OCH3 is 1. The fourth-order valence-electron chi connectivity index (χ4n) is 2.70. The summed E-state index contributed by atoms with van der Waals surface area (Å²) in [5.74, 6) is -1.95. The van der Waals surface area contributed by atoms with Crippen LogP contribution in [0.15, 0.2) is 0 Å². The number of urea groups is 1. The highest BCUT2D eigenvalue weighted by molar-refractivity contribution is 5.84. The minimum atomic E-state index is -0.890. The predicted molar refractivity (Wildman–Crippen MR) is 70.7 cm³/mol. The zero-order chi connectivity index (χ0) is 15.4. The van der Waals surface area contributed by atoms with Crippen LogP contribution in [0.1, 0.15) is 12.8 Å². The first-order valence-corrected chi connectivity index (χ1v) is 6.98. The molecule has 0 aromatic heterocycles. The first-order chi connectivity index (χ1) is 10.0. The number of hydrogen-bond acceptors (Lipinski definition) is 5. The molecular formula is C13H20N2O6. The summed E-state index contributed by atoms with van der Waals surface area (Å²) in [6.45, 7) is 1.45. The van der Waals surface area contributed by atoms with Gasteiger partial charge in [0.1, 0.15) is 0 Å². The van der Waals surface area contributed by atoms with E-state index in [-0.39, 0.29) is 19.2 Å². The van der Waals surface area contributed by atoms with Crippen molar-refractivity contribution in [3.63, 3.8) is 0 Å². The van der Waals surface area contributed by atoms with Gasteiger partial charge in [-0.15, -0.1) is 0 Å². The summed E-state index contributed by atoms with van der Waals surface area (Å²) in [4.78, 5) is 38.3. The zero-order valence-corrected chi connectivity index (χ0v) is 12.0. The maximum atomic E-state index is 12.5. The van der Waals surface area contributed by atoms with Gasteiger partial charge in [-0.2, -0.15) is 0 Å². The normalized spacial score (nSPS) is 26.3. The predicted octanol–water partition coefficient (Wildman–Crippen LogP) is -0.223. The van der Waals surface area contributed by atoms with Crippen LogP contribution in [-0.4, -0.2) is 78.9 Å². The third kappa shape index (κ3) is 3.44. The molecule has 0 spiro atoms. The number of carboxylic acids is 1. The number of rotatable bonds is 2. The summed E-state index contributed by atoms with van der Waals surface area (Å²) in [5, 5.41) is 9.08. The molecule has 2 atom stereocenters. The van der Waals surface area contributed by atoms with Gasteiger partial charge in [-0.1, -0.05) is 0 Å². The number of amides is 2. The van der Waals surface area contributed by atoms with Gasteiger partial charge in [0.25, 0.3) is 0 Å². The number of esters is 1. The summed E-state index contributed by atoms with van der Waals surface area (Å²) < 4.78 is 9.92. The monoisotopic (exact) mass is 300 g/mol. The highest BCUT2D eigenvalue weighted by Crippen LogP contribution is 2.20. The van der Waals surface area contributed by atoms with Crippen LogP contribution in [0.5, 0.6) is 0 Å². The lowest BCUT2D eigenvalue weighted by Crippen LogP contribution is -2.58. The van der Waals surface area contributed by atoms with E-state index >= 15 is 0 Å². The number of piperidine rings is 1. The molecule has 0 aliphatic carbocycles. The molecule has 0 saturated carbocycles. The Morgan fingerprint density at radius 2 is 2.05 bits per heavy atom. The van der Waals surface area contributed by atoms with E-state index in [0.717, 1.165) is 0 Å². The van der Waals surface area contributed by atoms with Crippen molar-refractivity contribution in [1.82, 2.24) is 9.80 Å². The van der Waals surface area contributed by atoms with Crippen LogP contribution >= 0.6 is 0 Å². The molecule has 8 nitrogen and oxygen atoms in total. The minimum Gasteiger partial charge on any atom is -0.481 e. The number of hydrogen-bond donors (Lipinski definition) is 1. The number of aliphatic carboxylic acids is 1. The second-order valence-electron chi connectivity index (χ2n) is 5.21. The number of likely N-dealkylation sites (tertiary alicyclic amines) is 1. The molecule has 2 amide bonds. The van der Waals surface area contributed by atoms with Crippen LogP contribution in [0.25, 0.3) is 0 Å². The first-order valence-electron chi connectivity index (χ1n) is 6.98. The molecule has 2 rings (SSSR count). The van der Waals surface area contributed by atoms with Gasteiger partial charge in [-0.3, -0.25) is 4.79 Å². The smallest absolute Gasteiger partial charge is 0.331 e. The maximum absolute atomic E-state index is 12.5. The highest BCUT2D eigenvalue weighted by atomic mass is 16.5. The van der Waals surface area contributed by atoms with Crippen molar-refractivity contribution in [3.05, 3.63) is 0 Å². The van der Waals surface area contributed by atoms with E-state index in [1.165, 1.54) is 16.9 Å². The van der Waals surface area contributed by atoms with Crippen LogP contribution in [-0.2, 0) is 19.1 Å². The van der Waals surface area contributed by atoms with Crippen molar-refractivity contribution >= 4 is 18.0 Å². The van der Waals surface area contributed by atoms with E-state index in [2.05, 4.69) is 0 Å². The molecule has 2 heterocycles. The number of morpholine rings is 1. The van der Waals surface area contributed by atoms with Crippen molar-refractivity contribution < 1.29 is 29.0 Å². The first kappa shape index (κ1) is 15.6. The maximum Gasteiger partial charge on any atom is 0.331 e. The summed E-state index contributed by atoms with van der Waals surface area (Å²) >= 11 is 0. The Labute approximate surface area is 122 Å². The number of carbonyl (C=O) groups is 3. The van der Waals surface area contributed by atoms with Crippen molar-refractivity contribution in [2.24, 2.45) is 5.92 Å². The van der Waals surface area contributed by atoms with Crippen LogP contribution < -0.4 is 0 Å². The van der Waals surface area contributed by atoms with Crippen LogP contribution in [0.2, 0.25) is 0 Å². The Balaban J connectivity index is 2.06. The lowest BCUT2D eigenvalue weighted by molar-refractivity contribution is -0.152. The standard InChI is InChI=1S/C13H20N2O6/c1-20-12(18)10-8-21-6-5-15(10)13(19)14-4-2-3-9(7-14)11(16)17/h9-10H,2-8H2,1H3,(H,16,17). The average molecular weight is 300 g/mol. The third-order valence-corrected chi connectivity index (χ3v) is 3.89. The zero-order valence-electron chi connectivity index (χ0n) is 12.0. The van der Waals surface area contributed by atoms with Crippen molar-refractivity contribution in [3.8, 4) is 0 Å². The van der Waals surface area contributed by atoms with E-state index in [4.69, 9.17) is 14.6 Å². The van der Waals surface area contributed by atoms with E-state index < -0.39 is 23.9 Å². The van der Waals surface area contributed by atoms with Crippen molar-refractivity contribution in [2.75, 3.05) is 40.0 Å². The average Bonchev–Trinajstić information content (AvgIpc) is 2.53. The molecule has 1 N–H and O–H groups in total. The van der Waals surface area contributed by atoms with Gasteiger partial charge < -0.3 is 24.4 Å². The number of carboxylic acid groups (broad SMARTS) is 1. The van der Waals surface area contributed by atoms with Gasteiger partial charge in [0, 0.05) is 19.6 Å². The molecule has 0 bridgehead atoms. The number of carbonyl (C=O) groups excluding carboxylic acids is 2. The Kier molecular flexibility index (Phi) is 5.00. The lowest BCUT2D eigenvalue weighted by Gasteiger charge is -2.39. The highest BCUT2D eigenvalue weighted by Gasteiger charge is 2.38. The molecule has 2 saturated heterocycles. The van der Waals surface area contributed by atoms with Gasteiger partial charge in [0.15, 0.2) is 6.04 Å². The van der Waals surface area contributed by atoms with Crippen LogP contribution in [0.4, 0.5) is 4.79 Å². The van der Waals surface area contributed by atoms with Gasteiger partial charge in [-0.05, 0) is 12.8 Å². The van der Waals surface area contributed by atoms with Gasteiger partial charge >= 0.3 is 18.0 Å². The Morgan fingerprint density at radius 1 is 1.29 bits per heavy atom. The van der Waals surface area contributed by atoms with Gasteiger partial charge in [-0.25, -0.2) is 9.59 Å². The van der Waals surface area contributed by atoms with E-state index in [1.54, 1.807) is 0 Å². The topological polar surface area (TPSA) is 96.4 Å². The van der Waals surface area contributed by atoms with Gasteiger partial charge in [0.05, 0.1) is 26.2 Å². The summed E-state index contributed by atoms with van der Waals surface area (Å²) in [7, 11) is 1.26. The fourth-order valence-corrected chi connectivity index (χ4v) is 2.70. The molecule has 2 fully saturated rings. The van der Waals surface area contributed by atoms with E-state index in [0.29, 0.717) is 32.5 Å². The fraction of sp³-hybridized carbons (Fsp3) is 0.769. The molecule has 0 aromatic rings. The molecule has 2 unspecified atom stereocenters. The Morgan fingerprint density at radius 3 is 2.71 bits per heavy atom. The van der Waals surface area contributed by atoms with Crippen molar-refractivity contribution in [1.29, 1.82) is 0 Å². The summed E-state index contributed by atoms with van der Waals surface area (Å²) in [5.41, 5.74) is 0. The quantitative estimate of drug-likeness (QED) is 0.708. The molecule has 8 heteroatoms. The molecule has 0 radical (unpaired) electrons. The number of nitrogens with zero attached hydrogens (tertiary/aromatic N) is 2. The molecule has 0 aromatic carbocycles. The van der Waals surface area contributed by atoms with Crippen LogP contribution in [0, 0.1) is 5.92 Å². The molecule has 118 valence electrons. The summed E-state index contributed by atoms with van der Waals surface area (Å²) in [6, 6.07) is -1.08. The molecule has 21 heavy (non-hydrogen) atoms. The van der Waals surface area contributed by atoms with E-state index in [1.807, 2.05) is 0 Å². The second-order valence-corrected chi connectivity index (χ2v) is 5.21. The molecule has 2 aliphatic heterocycles. The molecular weight excluding hydrogens is 280 g/mol. The Bertz CT molecular complexity index is 427. The van der Waals surface area contributed by atoms with E-state index in [9.17, 15) is 14.4 Å². The molecule has 2 aliphatic rings. The third-order valence-electron chi connectivity index (χ3n) is 3.89. The SMILES string of the molecule is COC(=O)C1COCCN1C(=O)N1CCCC(C(=O)O)C1. The minimum absolute atomic E-state index is 0.106. The largest absolute Gasteiger partial charge is 0.481 e. The van der Waals surface area contributed by atoms with Gasteiger partial charge in [0.2, 0.25) is 0 Å². The van der Waals surface area contributed by atoms with Crippen molar-refractivity contribution in [2.45, 2.75) is 18.9 Å². The van der Waals surface area contributed by atoms with Crippen LogP contribution in [0.3, 0.4) is 0 Å².